The molecule has 0 aliphatic carbocycles. The van der Waals surface area contributed by atoms with Crippen LogP contribution in [-0.4, -0.2) is 35.1 Å². The predicted octanol–water partition coefficient (Wildman–Crippen LogP) is 1.56. The summed E-state index contributed by atoms with van der Waals surface area (Å²) in [5.41, 5.74) is -0.273. The van der Waals surface area contributed by atoms with Gasteiger partial charge in [0.05, 0.1) is 18.2 Å². The molecular formula is C12H13F2NO2. The molecule has 1 amide bonds. The normalized spacial score (nSPS) is 19.7. The Bertz CT molecular complexity index is 437. The van der Waals surface area contributed by atoms with Crippen molar-refractivity contribution in [1.29, 1.82) is 0 Å². The number of hydrogen-bond donors (Lipinski definition) is 1. The number of rotatable bonds is 2. The zero-order valence-electron chi connectivity index (χ0n) is 9.20. The van der Waals surface area contributed by atoms with Crippen molar-refractivity contribution in [2.24, 2.45) is 0 Å². The monoisotopic (exact) mass is 241 g/mol. The van der Waals surface area contributed by atoms with Crippen LogP contribution in [0.3, 0.4) is 0 Å². The molecule has 1 atom stereocenters. The predicted molar refractivity (Wildman–Crippen MR) is 57.5 cm³/mol. The maximum absolute atomic E-state index is 13.5. The summed E-state index contributed by atoms with van der Waals surface area (Å²) in [7, 11) is 0. The highest BCUT2D eigenvalue weighted by molar-refractivity contribution is 5.94. The lowest BCUT2D eigenvalue weighted by Crippen LogP contribution is -2.38. The van der Waals surface area contributed by atoms with Gasteiger partial charge < -0.3 is 10.0 Å². The van der Waals surface area contributed by atoms with Gasteiger partial charge in [-0.1, -0.05) is 6.07 Å². The number of aliphatic hydroxyl groups excluding tert-OH is 1. The first-order valence-corrected chi connectivity index (χ1v) is 5.51. The molecule has 0 spiro atoms. The summed E-state index contributed by atoms with van der Waals surface area (Å²) in [5, 5.41) is 9.09. The number of halogens is 2. The van der Waals surface area contributed by atoms with Crippen LogP contribution >= 0.6 is 0 Å². The maximum Gasteiger partial charge on any atom is 0.257 e. The second kappa shape index (κ2) is 4.79. The van der Waals surface area contributed by atoms with Crippen LogP contribution in [0.1, 0.15) is 23.2 Å². The molecule has 92 valence electrons. The van der Waals surface area contributed by atoms with E-state index in [1.807, 2.05) is 0 Å². The maximum atomic E-state index is 13.5. The van der Waals surface area contributed by atoms with Gasteiger partial charge in [0.25, 0.3) is 5.91 Å². The summed E-state index contributed by atoms with van der Waals surface area (Å²) in [6.45, 7) is 0.322. The molecule has 17 heavy (non-hydrogen) atoms. The number of nitrogens with zero attached hydrogens (tertiary/aromatic N) is 1. The van der Waals surface area contributed by atoms with E-state index < -0.39 is 17.5 Å². The lowest BCUT2D eigenvalue weighted by atomic mass is 10.1. The highest BCUT2D eigenvalue weighted by Crippen LogP contribution is 2.21. The molecule has 0 bridgehead atoms. The van der Waals surface area contributed by atoms with Crippen LogP contribution in [0.25, 0.3) is 0 Å². The molecule has 1 heterocycles. The lowest BCUT2D eigenvalue weighted by molar-refractivity contribution is 0.0672. The lowest BCUT2D eigenvalue weighted by Gasteiger charge is -2.23. The van der Waals surface area contributed by atoms with Crippen LogP contribution in [0.4, 0.5) is 8.78 Å². The van der Waals surface area contributed by atoms with Crippen LogP contribution in [0.5, 0.6) is 0 Å². The molecule has 1 aromatic carbocycles. The smallest absolute Gasteiger partial charge is 0.257 e. The summed E-state index contributed by atoms with van der Waals surface area (Å²) in [6.07, 6.45) is 1.47. The van der Waals surface area contributed by atoms with Crippen LogP contribution in [-0.2, 0) is 0 Å². The van der Waals surface area contributed by atoms with E-state index in [0.29, 0.717) is 13.0 Å². The van der Waals surface area contributed by atoms with Crippen molar-refractivity contribution in [3.05, 3.63) is 35.4 Å². The van der Waals surface area contributed by atoms with Gasteiger partial charge in [0, 0.05) is 6.54 Å². The highest BCUT2D eigenvalue weighted by atomic mass is 19.2. The molecule has 1 N–H and O–H groups in total. The Kier molecular flexibility index (Phi) is 3.38. The van der Waals surface area contributed by atoms with Gasteiger partial charge in [-0.15, -0.1) is 0 Å². The van der Waals surface area contributed by atoms with Gasteiger partial charge in [-0.25, -0.2) is 8.78 Å². The number of amides is 1. The van der Waals surface area contributed by atoms with Crippen LogP contribution in [0.2, 0.25) is 0 Å². The minimum absolute atomic E-state index is 0.150. The van der Waals surface area contributed by atoms with Crippen LogP contribution in [0.15, 0.2) is 18.2 Å². The van der Waals surface area contributed by atoms with Gasteiger partial charge in [0.1, 0.15) is 0 Å². The van der Waals surface area contributed by atoms with E-state index in [4.69, 9.17) is 5.11 Å². The van der Waals surface area contributed by atoms with Gasteiger partial charge in [0.15, 0.2) is 11.6 Å². The molecule has 1 saturated heterocycles. The van der Waals surface area contributed by atoms with E-state index >= 15 is 0 Å². The van der Waals surface area contributed by atoms with E-state index in [1.165, 1.54) is 17.0 Å². The van der Waals surface area contributed by atoms with Crippen LogP contribution in [0, 0.1) is 11.6 Å². The number of benzene rings is 1. The molecule has 1 aromatic rings. The molecule has 1 fully saturated rings. The molecule has 3 nitrogen and oxygen atoms in total. The Morgan fingerprint density at radius 3 is 2.94 bits per heavy atom. The van der Waals surface area contributed by atoms with E-state index in [0.717, 1.165) is 12.5 Å². The van der Waals surface area contributed by atoms with E-state index in [1.54, 1.807) is 0 Å². The van der Waals surface area contributed by atoms with Gasteiger partial charge in [-0.2, -0.15) is 0 Å². The van der Waals surface area contributed by atoms with Crippen molar-refractivity contribution in [1.82, 2.24) is 4.90 Å². The third-order valence-electron chi connectivity index (χ3n) is 3.03. The Labute approximate surface area is 97.7 Å². The minimum Gasteiger partial charge on any atom is -0.394 e. The minimum atomic E-state index is -1.12. The molecular weight excluding hydrogens is 228 g/mol. The fraction of sp³-hybridized carbons (Fsp3) is 0.417. The number of carbonyl (C=O) groups excluding carboxylic acids is 1. The molecule has 0 radical (unpaired) electrons. The van der Waals surface area contributed by atoms with Crippen molar-refractivity contribution in [2.45, 2.75) is 18.9 Å². The van der Waals surface area contributed by atoms with E-state index in [9.17, 15) is 13.6 Å². The summed E-state index contributed by atoms with van der Waals surface area (Å²) in [5.74, 6) is -2.71. The van der Waals surface area contributed by atoms with Gasteiger partial charge in [-0.3, -0.25) is 4.79 Å². The summed E-state index contributed by atoms with van der Waals surface area (Å²) in [6, 6.07) is 3.24. The first kappa shape index (κ1) is 12.0. The molecule has 0 unspecified atom stereocenters. The van der Waals surface area contributed by atoms with E-state index in [2.05, 4.69) is 0 Å². The number of carbonyl (C=O) groups is 1. The second-order valence-corrected chi connectivity index (χ2v) is 4.08. The third-order valence-corrected chi connectivity index (χ3v) is 3.03. The third kappa shape index (κ3) is 2.15. The molecule has 1 aliphatic heterocycles. The topological polar surface area (TPSA) is 40.5 Å². The zero-order valence-corrected chi connectivity index (χ0v) is 9.20. The summed E-state index contributed by atoms with van der Waals surface area (Å²) >= 11 is 0. The summed E-state index contributed by atoms with van der Waals surface area (Å²) < 4.78 is 26.5. The number of likely N-dealkylation sites (tertiary alicyclic amines) is 1. The van der Waals surface area contributed by atoms with Crippen molar-refractivity contribution < 1.29 is 18.7 Å². The number of aliphatic hydroxyl groups is 1. The largest absolute Gasteiger partial charge is 0.394 e. The number of hydrogen-bond acceptors (Lipinski definition) is 2. The van der Waals surface area contributed by atoms with Gasteiger partial charge in [0.2, 0.25) is 0 Å². The Balaban J connectivity index is 2.28. The van der Waals surface area contributed by atoms with Gasteiger partial charge in [-0.05, 0) is 25.0 Å². The van der Waals surface area contributed by atoms with Crippen molar-refractivity contribution in [2.75, 3.05) is 13.2 Å². The van der Waals surface area contributed by atoms with Crippen molar-refractivity contribution >= 4 is 5.91 Å². The average molecular weight is 241 g/mol. The van der Waals surface area contributed by atoms with E-state index in [-0.39, 0.29) is 18.2 Å². The molecule has 2 rings (SSSR count). The molecule has 0 saturated carbocycles. The Hall–Kier alpha value is -1.49. The first-order chi connectivity index (χ1) is 8.15. The molecule has 5 heteroatoms. The first-order valence-electron chi connectivity index (χ1n) is 5.51. The van der Waals surface area contributed by atoms with Crippen molar-refractivity contribution in [3.8, 4) is 0 Å². The SMILES string of the molecule is O=C(c1cccc(F)c1F)N1CCC[C@H]1CO. The van der Waals surface area contributed by atoms with Gasteiger partial charge >= 0.3 is 0 Å². The highest BCUT2D eigenvalue weighted by Gasteiger charge is 2.30. The fourth-order valence-electron chi connectivity index (χ4n) is 2.12. The quantitative estimate of drug-likeness (QED) is 0.853. The fourth-order valence-corrected chi connectivity index (χ4v) is 2.12. The molecule has 1 aliphatic rings. The molecule has 0 aromatic heterocycles. The Morgan fingerprint density at radius 2 is 2.24 bits per heavy atom. The standard InChI is InChI=1S/C12H13F2NO2/c13-10-5-1-4-9(11(10)14)12(17)15-6-2-3-8(15)7-16/h1,4-5,8,16H,2-3,6-7H2/t8-/m0/s1. The second-order valence-electron chi connectivity index (χ2n) is 4.08. The Morgan fingerprint density at radius 1 is 1.47 bits per heavy atom. The zero-order chi connectivity index (χ0) is 12.4. The summed E-state index contributed by atoms with van der Waals surface area (Å²) in [4.78, 5) is 13.4. The van der Waals surface area contributed by atoms with Crippen LogP contribution < -0.4 is 0 Å². The van der Waals surface area contributed by atoms with Crippen molar-refractivity contribution in [3.63, 3.8) is 0 Å². The average Bonchev–Trinajstić information content (AvgIpc) is 2.80.